The Hall–Kier alpha value is -3.02. The van der Waals surface area contributed by atoms with Gasteiger partial charge in [0.15, 0.2) is 5.82 Å². The predicted molar refractivity (Wildman–Crippen MR) is 90.8 cm³/mol. The van der Waals surface area contributed by atoms with Gasteiger partial charge in [0, 0.05) is 31.7 Å². The van der Waals surface area contributed by atoms with E-state index in [0.29, 0.717) is 5.95 Å². The SMILES string of the molecule is CN(CCc1ccncc1)c1cnnc(Nc2ccccc2)n1. The van der Waals surface area contributed by atoms with E-state index in [4.69, 9.17) is 0 Å². The molecular weight excluding hydrogens is 288 g/mol. The van der Waals surface area contributed by atoms with Crippen LogP contribution < -0.4 is 10.2 Å². The quantitative estimate of drug-likeness (QED) is 0.755. The van der Waals surface area contributed by atoms with E-state index in [1.807, 2.05) is 61.9 Å². The first-order valence-electron chi connectivity index (χ1n) is 7.43. The lowest BCUT2D eigenvalue weighted by Gasteiger charge is -2.18. The van der Waals surface area contributed by atoms with E-state index >= 15 is 0 Å². The van der Waals surface area contributed by atoms with Crippen LogP contribution in [0.1, 0.15) is 5.56 Å². The molecule has 6 heteroatoms. The van der Waals surface area contributed by atoms with Gasteiger partial charge < -0.3 is 10.2 Å². The monoisotopic (exact) mass is 306 g/mol. The van der Waals surface area contributed by atoms with Crippen molar-refractivity contribution in [2.24, 2.45) is 0 Å². The van der Waals surface area contributed by atoms with Gasteiger partial charge in [-0.15, -0.1) is 5.10 Å². The molecule has 0 saturated heterocycles. The molecule has 0 unspecified atom stereocenters. The molecule has 1 aromatic carbocycles. The van der Waals surface area contributed by atoms with E-state index in [1.165, 1.54) is 5.56 Å². The Morgan fingerprint density at radius 1 is 1.04 bits per heavy atom. The van der Waals surface area contributed by atoms with Gasteiger partial charge in [-0.25, -0.2) is 0 Å². The molecule has 6 nitrogen and oxygen atoms in total. The van der Waals surface area contributed by atoms with Crippen LogP contribution in [0.2, 0.25) is 0 Å². The fraction of sp³-hybridized carbons (Fsp3) is 0.176. The molecule has 0 aliphatic heterocycles. The average molecular weight is 306 g/mol. The Bertz CT molecular complexity index is 732. The normalized spacial score (nSPS) is 10.3. The number of hydrogen-bond acceptors (Lipinski definition) is 6. The van der Waals surface area contributed by atoms with Crippen LogP contribution in [0.25, 0.3) is 0 Å². The number of likely N-dealkylation sites (N-methyl/N-ethyl adjacent to an activating group) is 1. The van der Waals surface area contributed by atoms with Gasteiger partial charge in [0.25, 0.3) is 0 Å². The van der Waals surface area contributed by atoms with Gasteiger partial charge in [-0.1, -0.05) is 18.2 Å². The van der Waals surface area contributed by atoms with Gasteiger partial charge in [-0.05, 0) is 36.2 Å². The van der Waals surface area contributed by atoms with E-state index in [9.17, 15) is 0 Å². The minimum atomic E-state index is 0.490. The van der Waals surface area contributed by atoms with Gasteiger partial charge in [-0.2, -0.15) is 10.1 Å². The van der Waals surface area contributed by atoms with Crippen molar-refractivity contribution in [3.8, 4) is 0 Å². The summed E-state index contributed by atoms with van der Waals surface area (Å²) in [6.45, 7) is 0.841. The zero-order valence-electron chi connectivity index (χ0n) is 12.9. The molecule has 0 atom stereocenters. The van der Waals surface area contributed by atoms with Crippen LogP contribution in [0.3, 0.4) is 0 Å². The van der Waals surface area contributed by atoms with Crippen molar-refractivity contribution >= 4 is 17.5 Å². The Kier molecular flexibility index (Phi) is 4.73. The lowest BCUT2D eigenvalue weighted by Crippen LogP contribution is -2.22. The average Bonchev–Trinajstić information content (AvgIpc) is 2.62. The number of aromatic nitrogens is 4. The van der Waals surface area contributed by atoms with Crippen molar-refractivity contribution in [1.29, 1.82) is 0 Å². The van der Waals surface area contributed by atoms with Gasteiger partial charge in [-0.3, -0.25) is 4.98 Å². The molecule has 0 bridgehead atoms. The third kappa shape index (κ3) is 4.23. The first-order chi connectivity index (χ1) is 11.3. The lowest BCUT2D eigenvalue weighted by molar-refractivity contribution is 0.840. The molecule has 0 aliphatic rings. The van der Waals surface area contributed by atoms with Gasteiger partial charge in [0.1, 0.15) is 0 Å². The summed E-state index contributed by atoms with van der Waals surface area (Å²) < 4.78 is 0. The molecule has 0 aliphatic carbocycles. The topological polar surface area (TPSA) is 66.8 Å². The second-order valence-corrected chi connectivity index (χ2v) is 5.16. The van der Waals surface area contributed by atoms with E-state index in [2.05, 4.69) is 30.4 Å². The largest absolute Gasteiger partial charge is 0.358 e. The first kappa shape index (κ1) is 14.9. The highest BCUT2D eigenvalue weighted by Gasteiger charge is 2.06. The van der Waals surface area contributed by atoms with Crippen molar-refractivity contribution in [3.05, 3.63) is 66.6 Å². The van der Waals surface area contributed by atoms with Gasteiger partial charge in [0.2, 0.25) is 5.95 Å². The van der Waals surface area contributed by atoms with Crippen LogP contribution in [-0.4, -0.2) is 33.8 Å². The number of para-hydroxylation sites is 1. The summed E-state index contributed by atoms with van der Waals surface area (Å²) in [7, 11) is 2.00. The molecule has 0 fully saturated rings. The molecule has 23 heavy (non-hydrogen) atoms. The first-order valence-corrected chi connectivity index (χ1v) is 7.43. The van der Waals surface area contributed by atoms with Crippen LogP contribution in [-0.2, 0) is 6.42 Å². The van der Waals surface area contributed by atoms with E-state index in [1.54, 1.807) is 6.20 Å². The maximum atomic E-state index is 4.51. The summed E-state index contributed by atoms with van der Waals surface area (Å²) in [4.78, 5) is 10.6. The molecule has 2 aromatic heterocycles. The number of rotatable bonds is 6. The van der Waals surface area contributed by atoms with Crippen molar-refractivity contribution in [2.75, 3.05) is 23.8 Å². The predicted octanol–water partition coefficient (Wildman–Crippen LogP) is 2.69. The van der Waals surface area contributed by atoms with Crippen molar-refractivity contribution in [1.82, 2.24) is 20.2 Å². The minimum Gasteiger partial charge on any atom is -0.358 e. The Balaban J connectivity index is 1.64. The molecule has 3 aromatic rings. The summed E-state index contributed by atoms with van der Waals surface area (Å²) in [5.74, 6) is 1.27. The molecule has 0 radical (unpaired) electrons. The van der Waals surface area contributed by atoms with Crippen LogP contribution >= 0.6 is 0 Å². The van der Waals surface area contributed by atoms with Gasteiger partial charge >= 0.3 is 0 Å². The zero-order chi connectivity index (χ0) is 15.9. The van der Waals surface area contributed by atoms with E-state index in [0.717, 1.165) is 24.5 Å². The highest BCUT2D eigenvalue weighted by molar-refractivity contribution is 5.53. The number of benzene rings is 1. The summed E-state index contributed by atoms with van der Waals surface area (Å²) in [5.41, 5.74) is 2.18. The maximum absolute atomic E-state index is 4.51. The molecule has 0 spiro atoms. The third-order valence-corrected chi connectivity index (χ3v) is 3.45. The Morgan fingerprint density at radius 3 is 2.61 bits per heavy atom. The fourth-order valence-electron chi connectivity index (χ4n) is 2.14. The number of anilines is 3. The highest BCUT2D eigenvalue weighted by Crippen LogP contribution is 2.14. The fourth-order valence-corrected chi connectivity index (χ4v) is 2.14. The lowest BCUT2D eigenvalue weighted by atomic mass is 10.2. The third-order valence-electron chi connectivity index (χ3n) is 3.45. The van der Waals surface area contributed by atoms with Crippen molar-refractivity contribution < 1.29 is 0 Å². The molecule has 1 N–H and O–H groups in total. The van der Waals surface area contributed by atoms with Gasteiger partial charge in [0.05, 0.1) is 6.20 Å². The Labute approximate surface area is 135 Å². The van der Waals surface area contributed by atoms with Crippen LogP contribution in [0, 0.1) is 0 Å². The molecule has 116 valence electrons. The minimum absolute atomic E-state index is 0.490. The van der Waals surface area contributed by atoms with Crippen molar-refractivity contribution in [3.63, 3.8) is 0 Å². The molecule has 0 amide bonds. The van der Waals surface area contributed by atoms with E-state index < -0.39 is 0 Å². The summed E-state index contributed by atoms with van der Waals surface area (Å²) in [5, 5.41) is 11.2. The number of pyridine rings is 1. The highest BCUT2D eigenvalue weighted by atomic mass is 15.3. The summed E-state index contributed by atoms with van der Waals surface area (Å²) in [6.07, 6.45) is 6.21. The van der Waals surface area contributed by atoms with Crippen LogP contribution in [0.4, 0.5) is 17.5 Å². The summed E-state index contributed by atoms with van der Waals surface area (Å²) in [6, 6.07) is 13.9. The Morgan fingerprint density at radius 2 is 1.83 bits per heavy atom. The molecule has 2 heterocycles. The molecule has 3 rings (SSSR count). The van der Waals surface area contributed by atoms with E-state index in [-0.39, 0.29) is 0 Å². The summed E-state index contributed by atoms with van der Waals surface area (Å²) >= 11 is 0. The van der Waals surface area contributed by atoms with Crippen LogP contribution in [0.5, 0.6) is 0 Å². The van der Waals surface area contributed by atoms with Crippen molar-refractivity contribution in [2.45, 2.75) is 6.42 Å². The smallest absolute Gasteiger partial charge is 0.249 e. The van der Waals surface area contributed by atoms with Crippen LogP contribution in [0.15, 0.2) is 61.1 Å². The second kappa shape index (κ2) is 7.31. The second-order valence-electron chi connectivity index (χ2n) is 5.16. The zero-order valence-corrected chi connectivity index (χ0v) is 12.9. The molecular formula is C17H18N6. The number of nitrogens with zero attached hydrogens (tertiary/aromatic N) is 5. The number of hydrogen-bond donors (Lipinski definition) is 1. The standard InChI is InChI=1S/C17H18N6/c1-23(12-9-14-7-10-18-11-8-14)16-13-19-22-17(21-16)20-15-5-3-2-4-6-15/h2-8,10-11,13H,9,12H2,1H3,(H,20,21,22). The number of nitrogens with one attached hydrogen (secondary N) is 1. The molecule has 0 saturated carbocycles. The maximum Gasteiger partial charge on any atom is 0.249 e.